The molecule has 0 aliphatic rings. The van der Waals surface area contributed by atoms with Crippen LogP contribution in [-0.4, -0.2) is 36.0 Å². The van der Waals surface area contributed by atoms with Crippen molar-refractivity contribution < 1.29 is 14.7 Å². The molecule has 2 heterocycles. The Morgan fingerprint density at radius 2 is 0.911 bits per heavy atom. The molecule has 0 aliphatic carbocycles. The van der Waals surface area contributed by atoms with Gasteiger partial charge in [-0.25, -0.2) is 0 Å². The van der Waals surface area contributed by atoms with Crippen molar-refractivity contribution in [2.24, 2.45) is 0 Å². The Bertz CT molecular complexity index is 2300. The topological polar surface area (TPSA) is 124 Å². The van der Waals surface area contributed by atoms with Gasteiger partial charge in [-0.1, -0.05) is 109 Å². The monoisotopic (exact) mass is 742 g/mol. The van der Waals surface area contributed by atoms with E-state index < -0.39 is 18.1 Å². The van der Waals surface area contributed by atoms with E-state index in [1.165, 1.54) is 33.4 Å². The highest BCUT2D eigenvalue weighted by Gasteiger charge is 2.13. The average Bonchev–Trinajstić information content (AvgIpc) is 3.21. The maximum Gasteiger partial charge on any atom is 0.323 e. The van der Waals surface area contributed by atoms with Crippen LogP contribution in [0.2, 0.25) is 0 Å². The number of carbonyl (C=O) groups is 2. The van der Waals surface area contributed by atoms with Gasteiger partial charge in [0.15, 0.2) is 0 Å². The van der Waals surface area contributed by atoms with Gasteiger partial charge in [0.25, 0.3) is 11.1 Å². The van der Waals surface area contributed by atoms with E-state index >= 15 is 0 Å². The fourth-order valence-corrected chi connectivity index (χ4v) is 5.80. The Hall–Kier alpha value is -7.10. The van der Waals surface area contributed by atoms with Crippen molar-refractivity contribution in [3.8, 4) is 23.7 Å². The molecule has 280 valence electrons. The van der Waals surface area contributed by atoms with Crippen LogP contribution in [0, 0.1) is 23.7 Å². The van der Waals surface area contributed by atoms with E-state index in [0.29, 0.717) is 35.6 Å². The van der Waals surface area contributed by atoms with Crippen LogP contribution >= 0.6 is 0 Å². The standard InChI is InChI=1S/C24H22N2O2.C23H20N2O3/c1-19(27)18-26-22(16-15-21-11-6-3-7-12-21)17-25-23(24(26)28)14-8-13-20-9-4-2-5-10-20;26-22(27)17-25-20(15-14-19-10-5-2-6-11-19)16-24-21(23(25)28)13-7-12-18-8-3-1-4-9-18/h2-7,9-12,17H,8,13-14,18H2,1H3;1-6,8-11,16H,7,12-13,17H2,(H,26,27). The molecular formula is C47H42N4O5. The summed E-state index contributed by atoms with van der Waals surface area (Å²) in [7, 11) is 0. The summed E-state index contributed by atoms with van der Waals surface area (Å²) in [5.74, 6) is 10.6. The maximum atomic E-state index is 12.9. The van der Waals surface area contributed by atoms with Crippen LogP contribution in [0.5, 0.6) is 0 Å². The van der Waals surface area contributed by atoms with Crippen molar-refractivity contribution in [1.82, 2.24) is 19.1 Å². The number of aryl methyl sites for hydroxylation is 4. The van der Waals surface area contributed by atoms with Gasteiger partial charge in [0, 0.05) is 11.1 Å². The first-order chi connectivity index (χ1) is 27.3. The van der Waals surface area contributed by atoms with Gasteiger partial charge in [0.05, 0.1) is 18.9 Å². The Morgan fingerprint density at radius 1 is 0.536 bits per heavy atom. The second-order valence-electron chi connectivity index (χ2n) is 13.0. The van der Waals surface area contributed by atoms with Gasteiger partial charge >= 0.3 is 5.97 Å². The van der Waals surface area contributed by atoms with Crippen LogP contribution in [0.4, 0.5) is 0 Å². The summed E-state index contributed by atoms with van der Waals surface area (Å²) in [4.78, 5) is 57.1. The Kier molecular flexibility index (Phi) is 15.0. The molecule has 9 nitrogen and oxygen atoms in total. The lowest BCUT2D eigenvalue weighted by molar-refractivity contribution is -0.137. The first kappa shape index (κ1) is 40.1. The van der Waals surface area contributed by atoms with Gasteiger partial charge in [-0.15, -0.1) is 0 Å². The highest BCUT2D eigenvalue weighted by atomic mass is 16.4. The van der Waals surface area contributed by atoms with E-state index in [4.69, 9.17) is 0 Å². The maximum absolute atomic E-state index is 12.9. The second kappa shape index (κ2) is 21.0. The molecule has 2 aromatic heterocycles. The smallest absolute Gasteiger partial charge is 0.323 e. The Morgan fingerprint density at radius 3 is 1.29 bits per heavy atom. The molecule has 0 radical (unpaired) electrons. The van der Waals surface area contributed by atoms with Crippen LogP contribution < -0.4 is 11.1 Å². The van der Waals surface area contributed by atoms with Gasteiger partial charge in [-0.2, -0.15) is 0 Å². The summed E-state index contributed by atoms with van der Waals surface area (Å²) in [5.41, 5.74) is 5.01. The summed E-state index contributed by atoms with van der Waals surface area (Å²) >= 11 is 0. The number of aliphatic carboxylic acids is 1. The Labute approximate surface area is 326 Å². The van der Waals surface area contributed by atoms with Crippen LogP contribution in [0.1, 0.15) is 64.8 Å². The molecule has 0 amide bonds. The van der Waals surface area contributed by atoms with Crippen LogP contribution in [0.15, 0.2) is 143 Å². The molecule has 0 unspecified atom stereocenters. The SMILES string of the molecule is CC(=O)Cn1c(C#Cc2ccccc2)cnc(CCCc2ccccc2)c1=O.O=C(O)Cn1c(C#Cc2ccccc2)cnc(CCCc2ccccc2)c1=O. The molecule has 0 aliphatic heterocycles. The number of hydrogen-bond donors (Lipinski definition) is 1. The molecule has 0 fully saturated rings. The second-order valence-corrected chi connectivity index (χ2v) is 13.0. The molecule has 56 heavy (non-hydrogen) atoms. The summed E-state index contributed by atoms with van der Waals surface area (Å²) in [6, 6.07) is 39.0. The van der Waals surface area contributed by atoms with E-state index in [1.807, 2.05) is 109 Å². The highest BCUT2D eigenvalue weighted by Crippen LogP contribution is 2.08. The molecule has 0 saturated heterocycles. The van der Waals surface area contributed by atoms with Crippen molar-refractivity contribution in [2.75, 3.05) is 0 Å². The van der Waals surface area contributed by atoms with Gasteiger partial charge < -0.3 is 5.11 Å². The molecule has 6 rings (SSSR count). The van der Waals surface area contributed by atoms with Crippen molar-refractivity contribution in [3.63, 3.8) is 0 Å². The fourth-order valence-electron chi connectivity index (χ4n) is 5.80. The van der Waals surface area contributed by atoms with Crippen molar-refractivity contribution in [1.29, 1.82) is 0 Å². The number of Topliss-reactive ketones (excluding diaryl/α,β-unsaturated/α-hetero) is 1. The van der Waals surface area contributed by atoms with Gasteiger partial charge in [-0.3, -0.25) is 38.3 Å². The number of benzene rings is 4. The number of aromatic nitrogens is 4. The molecule has 0 spiro atoms. The van der Waals surface area contributed by atoms with Crippen LogP contribution in [0.25, 0.3) is 0 Å². The van der Waals surface area contributed by atoms with E-state index in [2.05, 4.69) is 45.8 Å². The average molecular weight is 743 g/mol. The number of carboxylic acids is 1. The summed E-state index contributed by atoms with van der Waals surface area (Å²) in [6.07, 6.45) is 7.42. The molecule has 9 heteroatoms. The quantitative estimate of drug-likeness (QED) is 0.146. The predicted molar refractivity (Wildman–Crippen MR) is 217 cm³/mol. The van der Waals surface area contributed by atoms with Crippen molar-refractivity contribution >= 4 is 11.8 Å². The number of ketones is 1. The van der Waals surface area contributed by atoms with Gasteiger partial charge in [-0.05, 0) is 92.7 Å². The van der Waals surface area contributed by atoms with E-state index in [0.717, 1.165) is 36.8 Å². The number of carbonyl (C=O) groups excluding carboxylic acids is 1. The van der Waals surface area contributed by atoms with E-state index in [1.54, 1.807) is 6.20 Å². The van der Waals surface area contributed by atoms with Crippen molar-refractivity contribution in [3.05, 3.63) is 199 Å². The van der Waals surface area contributed by atoms with Gasteiger partial charge in [0.1, 0.15) is 35.1 Å². The molecular weight excluding hydrogens is 701 g/mol. The first-order valence-electron chi connectivity index (χ1n) is 18.4. The summed E-state index contributed by atoms with van der Waals surface area (Å²) in [6.45, 7) is 1.04. The minimum atomic E-state index is -1.09. The first-order valence-corrected chi connectivity index (χ1v) is 18.4. The number of nitrogens with zero attached hydrogens (tertiary/aromatic N) is 4. The number of rotatable bonds is 12. The molecule has 0 bridgehead atoms. The molecule has 0 atom stereocenters. The van der Waals surface area contributed by atoms with E-state index in [9.17, 15) is 24.3 Å². The number of hydrogen-bond acceptors (Lipinski definition) is 6. The largest absolute Gasteiger partial charge is 0.480 e. The molecule has 1 N–H and O–H groups in total. The lowest BCUT2D eigenvalue weighted by Crippen LogP contribution is -2.30. The van der Waals surface area contributed by atoms with E-state index in [-0.39, 0.29) is 17.9 Å². The molecule has 6 aromatic rings. The lowest BCUT2D eigenvalue weighted by Gasteiger charge is -2.09. The number of carboxylic acid groups (broad SMARTS) is 1. The minimum Gasteiger partial charge on any atom is -0.480 e. The zero-order valence-corrected chi connectivity index (χ0v) is 31.2. The molecule has 0 saturated carbocycles. The third-order valence-corrected chi connectivity index (χ3v) is 8.59. The predicted octanol–water partition coefficient (Wildman–Crippen LogP) is 6.31. The summed E-state index contributed by atoms with van der Waals surface area (Å²) in [5, 5.41) is 9.19. The Balaban J connectivity index is 0.000000214. The normalized spacial score (nSPS) is 10.2. The lowest BCUT2D eigenvalue weighted by atomic mass is 10.1. The third-order valence-electron chi connectivity index (χ3n) is 8.59. The zero-order valence-electron chi connectivity index (χ0n) is 31.2. The third kappa shape index (κ3) is 12.5. The van der Waals surface area contributed by atoms with Crippen LogP contribution in [-0.2, 0) is 48.4 Å². The summed E-state index contributed by atoms with van der Waals surface area (Å²) < 4.78 is 2.62. The minimum absolute atomic E-state index is 0.00580. The van der Waals surface area contributed by atoms with Crippen LogP contribution in [0.3, 0.4) is 0 Å². The van der Waals surface area contributed by atoms with Gasteiger partial charge in [0.2, 0.25) is 0 Å². The highest BCUT2D eigenvalue weighted by molar-refractivity contribution is 5.75. The van der Waals surface area contributed by atoms with Crippen molar-refractivity contribution in [2.45, 2.75) is 58.5 Å². The molecule has 4 aromatic carbocycles. The fraction of sp³-hybridized carbons (Fsp3) is 0.191. The zero-order chi connectivity index (χ0) is 39.5.